The monoisotopic (exact) mass is 590 g/mol. The average molecular weight is 591 g/mol. The first kappa shape index (κ1) is 29.2. The van der Waals surface area contributed by atoms with Crippen molar-refractivity contribution in [3.8, 4) is 6.07 Å². The first-order valence-corrected chi connectivity index (χ1v) is 15.6. The molecule has 5 rings (SSSR count). The third kappa shape index (κ3) is 6.29. The highest BCUT2D eigenvalue weighted by Crippen LogP contribution is 2.33. The average Bonchev–Trinajstić information content (AvgIpc) is 3.02. The Hall–Kier alpha value is -4.28. The van der Waals surface area contributed by atoms with Crippen LogP contribution >= 0.6 is 0 Å². The molecular formula is C29H34N8O4S. The molecule has 4 N–H and O–H groups in total. The number of sulfonamides is 1. The van der Waals surface area contributed by atoms with Crippen LogP contribution in [0.25, 0.3) is 0 Å². The van der Waals surface area contributed by atoms with Crippen LogP contribution in [0.15, 0.2) is 47.6 Å². The van der Waals surface area contributed by atoms with Crippen LogP contribution in [-0.4, -0.2) is 66.7 Å². The summed E-state index contributed by atoms with van der Waals surface area (Å²) in [6, 6.07) is 10.3. The van der Waals surface area contributed by atoms with Crippen molar-refractivity contribution in [2.24, 2.45) is 0 Å². The normalized spacial score (nSPS) is 16.1. The Balaban J connectivity index is 1.26. The summed E-state index contributed by atoms with van der Waals surface area (Å²) in [7, 11) is -4.27. The number of piperidine rings is 1. The van der Waals surface area contributed by atoms with Gasteiger partial charge in [-0.05, 0) is 55.9 Å². The van der Waals surface area contributed by atoms with E-state index in [1.165, 1.54) is 36.2 Å². The van der Waals surface area contributed by atoms with E-state index in [9.17, 15) is 23.6 Å². The van der Waals surface area contributed by atoms with E-state index in [1.54, 1.807) is 0 Å². The Labute approximate surface area is 245 Å². The summed E-state index contributed by atoms with van der Waals surface area (Å²) in [6.07, 6.45) is 6.07. The zero-order valence-corrected chi connectivity index (χ0v) is 24.2. The summed E-state index contributed by atoms with van der Waals surface area (Å²) >= 11 is 0. The van der Waals surface area contributed by atoms with Gasteiger partial charge in [-0.1, -0.05) is 25.1 Å². The van der Waals surface area contributed by atoms with Crippen LogP contribution in [0.4, 0.5) is 17.5 Å². The Kier molecular flexibility index (Phi) is 8.84. The van der Waals surface area contributed by atoms with Crippen molar-refractivity contribution in [2.45, 2.75) is 55.9 Å². The minimum absolute atomic E-state index is 0.0707. The zero-order chi connectivity index (χ0) is 29.7. The van der Waals surface area contributed by atoms with E-state index in [4.69, 9.17) is 4.98 Å². The van der Waals surface area contributed by atoms with Gasteiger partial charge >= 0.3 is 5.97 Å². The maximum Gasteiger partial charge on any atom is 0.323 e. The number of nitrogens with zero attached hydrogens (tertiary/aromatic N) is 5. The standard InChI is InChI=1S/C29H34N8O4S/c1-2-22-27(32-17-24(29(38)39)36-42(40,41)25-8-4-3-6-21(25)16-30)33-18-34-28(22)37-14-11-19(12-15-37)23-10-9-20-7-5-13-31-26(20)35-23/h3-4,6,8-10,18-19,24,36H,2,5,7,11-15,17H2,1H3,(H,31,35)(H,38,39)(H,32,33,34)/t24-/m0/s1. The lowest BCUT2D eigenvalue weighted by Gasteiger charge is -2.34. The van der Waals surface area contributed by atoms with E-state index < -0.39 is 22.0 Å². The third-order valence-corrected chi connectivity index (χ3v) is 9.30. The van der Waals surface area contributed by atoms with Crippen molar-refractivity contribution in [2.75, 3.05) is 41.7 Å². The molecule has 0 bridgehead atoms. The van der Waals surface area contributed by atoms with Gasteiger partial charge in [-0.25, -0.2) is 23.4 Å². The Morgan fingerprint density at radius 2 is 2.00 bits per heavy atom. The largest absolute Gasteiger partial charge is 0.480 e. The predicted octanol–water partition coefficient (Wildman–Crippen LogP) is 2.89. The second-order valence-electron chi connectivity index (χ2n) is 10.4. The van der Waals surface area contributed by atoms with Gasteiger partial charge in [-0.15, -0.1) is 0 Å². The SMILES string of the molecule is CCc1c(NC[C@H](NS(=O)(=O)c2ccccc2C#N)C(=O)O)ncnc1N1CCC(c2ccc3c(n2)NCCC3)CC1. The molecule has 3 aromatic rings. The zero-order valence-electron chi connectivity index (χ0n) is 23.4. The van der Waals surface area contributed by atoms with Gasteiger partial charge in [0.2, 0.25) is 10.0 Å². The van der Waals surface area contributed by atoms with Gasteiger partial charge in [0, 0.05) is 43.4 Å². The number of carboxylic acids is 1. The number of nitrogens with one attached hydrogen (secondary N) is 3. The molecule has 2 aliphatic heterocycles. The number of carboxylic acid groups (broad SMARTS) is 1. The number of nitriles is 1. The number of hydrogen-bond donors (Lipinski definition) is 4. The molecule has 2 aromatic heterocycles. The van der Waals surface area contributed by atoms with E-state index in [0.717, 1.165) is 68.2 Å². The van der Waals surface area contributed by atoms with Crippen LogP contribution in [0.1, 0.15) is 54.5 Å². The lowest BCUT2D eigenvalue weighted by molar-refractivity contribution is -0.138. The lowest BCUT2D eigenvalue weighted by Crippen LogP contribution is -2.45. The highest BCUT2D eigenvalue weighted by atomic mass is 32.2. The maximum absolute atomic E-state index is 12.9. The van der Waals surface area contributed by atoms with Crippen molar-refractivity contribution < 1.29 is 18.3 Å². The van der Waals surface area contributed by atoms with Crippen molar-refractivity contribution in [3.05, 3.63) is 65.1 Å². The molecular weight excluding hydrogens is 556 g/mol. The fraction of sp³-hybridized carbons (Fsp3) is 0.414. The van der Waals surface area contributed by atoms with Crippen LogP contribution in [0.5, 0.6) is 0 Å². The molecule has 220 valence electrons. The molecule has 0 amide bonds. The van der Waals surface area contributed by atoms with Gasteiger partial charge in [0.1, 0.15) is 35.9 Å². The number of benzene rings is 1. The fourth-order valence-electron chi connectivity index (χ4n) is 5.53. The number of aromatic nitrogens is 3. The molecule has 1 saturated heterocycles. The number of pyridine rings is 1. The van der Waals surface area contributed by atoms with Crippen molar-refractivity contribution in [1.29, 1.82) is 5.26 Å². The first-order valence-electron chi connectivity index (χ1n) is 14.1. The summed E-state index contributed by atoms with van der Waals surface area (Å²) in [5.41, 5.74) is 3.15. The Morgan fingerprint density at radius 3 is 2.74 bits per heavy atom. The van der Waals surface area contributed by atoms with E-state index in [2.05, 4.69) is 42.4 Å². The maximum atomic E-state index is 12.9. The van der Waals surface area contributed by atoms with Gasteiger partial charge in [0.15, 0.2) is 0 Å². The molecule has 1 atom stereocenters. The van der Waals surface area contributed by atoms with E-state index >= 15 is 0 Å². The van der Waals surface area contributed by atoms with Gasteiger partial charge < -0.3 is 20.6 Å². The van der Waals surface area contributed by atoms with Gasteiger partial charge in [-0.3, -0.25) is 4.79 Å². The Morgan fingerprint density at radius 1 is 1.21 bits per heavy atom. The smallest absolute Gasteiger partial charge is 0.323 e. The fourth-order valence-corrected chi connectivity index (χ4v) is 6.88. The first-order chi connectivity index (χ1) is 20.3. The second-order valence-corrected chi connectivity index (χ2v) is 12.1. The number of aryl methyl sites for hydroxylation is 1. The van der Waals surface area contributed by atoms with Crippen molar-refractivity contribution >= 4 is 33.4 Å². The molecule has 0 unspecified atom stereocenters. The van der Waals surface area contributed by atoms with E-state index in [0.29, 0.717) is 18.2 Å². The number of rotatable bonds is 10. The quantitative estimate of drug-likeness (QED) is 0.273. The van der Waals surface area contributed by atoms with Crippen molar-refractivity contribution in [3.63, 3.8) is 0 Å². The minimum Gasteiger partial charge on any atom is -0.480 e. The minimum atomic E-state index is -4.27. The summed E-state index contributed by atoms with van der Waals surface area (Å²) in [5.74, 6) is 1.24. The summed E-state index contributed by atoms with van der Waals surface area (Å²) in [5, 5.41) is 25.5. The summed E-state index contributed by atoms with van der Waals surface area (Å²) in [6.45, 7) is 4.25. The van der Waals surface area contributed by atoms with Gasteiger partial charge in [0.05, 0.1) is 10.5 Å². The predicted molar refractivity (Wildman–Crippen MR) is 158 cm³/mol. The molecule has 1 fully saturated rings. The van der Waals surface area contributed by atoms with Gasteiger partial charge in [0.25, 0.3) is 0 Å². The molecule has 12 nitrogen and oxygen atoms in total. The molecule has 0 aliphatic carbocycles. The van der Waals surface area contributed by atoms with Crippen LogP contribution in [-0.2, 0) is 27.7 Å². The van der Waals surface area contributed by atoms with Crippen molar-refractivity contribution in [1.82, 2.24) is 19.7 Å². The molecule has 13 heteroatoms. The number of fused-ring (bicyclic) bond motifs is 1. The van der Waals surface area contributed by atoms with Crippen LogP contribution in [0.3, 0.4) is 0 Å². The van der Waals surface area contributed by atoms with Crippen LogP contribution in [0, 0.1) is 11.3 Å². The lowest BCUT2D eigenvalue weighted by atomic mass is 9.92. The molecule has 0 radical (unpaired) electrons. The third-order valence-electron chi connectivity index (χ3n) is 7.77. The molecule has 4 heterocycles. The van der Waals surface area contributed by atoms with E-state index in [-0.39, 0.29) is 17.0 Å². The molecule has 2 aliphatic rings. The number of aliphatic carboxylic acids is 1. The molecule has 0 saturated carbocycles. The molecule has 42 heavy (non-hydrogen) atoms. The topological polar surface area (TPSA) is 173 Å². The number of hydrogen-bond acceptors (Lipinski definition) is 10. The molecule has 1 aromatic carbocycles. The Bertz CT molecular complexity index is 1600. The summed E-state index contributed by atoms with van der Waals surface area (Å²) < 4.78 is 28.1. The highest BCUT2D eigenvalue weighted by Gasteiger charge is 2.29. The van der Waals surface area contributed by atoms with E-state index in [1.807, 2.05) is 13.0 Å². The molecule has 0 spiro atoms. The number of carbonyl (C=O) groups is 1. The second kappa shape index (κ2) is 12.7. The number of anilines is 3. The summed E-state index contributed by atoms with van der Waals surface area (Å²) in [4.78, 5) is 27.8. The van der Waals surface area contributed by atoms with Gasteiger partial charge in [-0.2, -0.15) is 9.98 Å². The highest BCUT2D eigenvalue weighted by molar-refractivity contribution is 7.89. The van der Waals surface area contributed by atoms with Crippen LogP contribution in [0.2, 0.25) is 0 Å². The van der Waals surface area contributed by atoms with Crippen LogP contribution < -0.4 is 20.3 Å².